The highest BCUT2D eigenvalue weighted by Gasteiger charge is 2.30. The first-order valence-electron chi connectivity index (χ1n) is 5.16. The van der Waals surface area contributed by atoms with E-state index in [0.29, 0.717) is 12.5 Å². The van der Waals surface area contributed by atoms with Crippen LogP contribution in [-0.2, 0) is 9.59 Å². The fraction of sp³-hybridized carbons (Fsp3) is 0.800. The van der Waals surface area contributed by atoms with Crippen LogP contribution in [0.15, 0.2) is 0 Å². The predicted molar refractivity (Wildman–Crippen MR) is 53.4 cm³/mol. The van der Waals surface area contributed by atoms with Crippen LogP contribution in [0.25, 0.3) is 0 Å². The van der Waals surface area contributed by atoms with E-state index in [-0.39, 0.29) is 6.04 Å². The van der Waals surface area contributed by atoms with Crippen molar-refractivity contribution >= 4 is 11.8 Å². The van der Waals surface area contributed by atoms with Crippen molar-refractivity contribution in [3.63, 3.8) is 0 Å². The summed E-state index contributed by atoms with van der Waals surface area (Å²) in [6.45, 7) is 4.79. The van der Waals surface area contributed by atoms with Crippen molar-refractivity contribution in [2.45, 2.75) is 39.2 Å². The molecular weight excluding hydrogens is 180 g/mol. The SMILES string of the molecule is CC[C@H]1CC[C@H](C)CN1C(=O)C(N)=O. The second-order valence-corrected chi connectivity index (χ2v) is 4.07. The average Bonchev–Trinajstić information content (AvgIpc) is 2.16. The molecule has 14 heavy (non-hydrogen) atoms. The van der Waals surface area contributed by atoms with Crippen LogP contribution in [0.5, 0.6) is 0 Å². The number of hydrogen-bond acceptors (Lipinski definition) is 2. The van der Waals surface area contributed by atoms with Crippen LogP contribution in [-0.4, -0.2) is 29.3 Å². The minimum Gasteiger partial charge on any atom is -0.361 e. The Morgan fingerprint density at radius 1 is 1.43 bits per heavy atom. The first kappa shape index (κ1) is 11.0. The van der Waals surface area contributed by atoms with Gasteiger partial charge in [-0.1, -0.05) is 13.8 Å². The molecule has 1 aliphatic rings. The summed E-state index contributed by atoms with van der Waals surface area (Å²) in [5.74, 6) is -0.887. The molecule has 0 bridgehead atoms. The molecule has 1 heterocycles. The molecule has 80 valence electrons. The molecule has 0 aromatic carbocycles. The largest absolute Gasteiger partial charge is 0.361 e. The van der Waals surface area contributed by atoms with E-state index < -0.39 is 11.8 Å². The number of likely N-dealkylation sites (tertiary alicyclic amines) is 1. The quantitative estimate of drug-likeness (QED) is 0.624. The smallest absolute Gasteiger partial charge is 0.311 e. The first-order valence-corrected chi connectivity index (χ1v) is 5.16. The number of carbonyl (C=O) groups is 2. The van der Waals surface area contributed by atoms with E-state index in [4.69, 9.17) is 5.73 Å². The molecule has 2 amide bonds. The number of nitrogens with two attached hydrogens (primary N) is 1. The Labute approximate surface area is 84.4 Å². The van der Waals surface area contributed by atoms with Crippen molar-refractivity contribution in [1.29, 1.82) is 0 Å². The van der Waals surface area contributed by atoms with Crippen LogP contribution < -0.4 is 5.73 Å². The van der Waals surface area contributed by atoms with E-state index in [1.54, 1.807) is 4.90 Å². The Balaban J connectivity index is 2.70. The minimum absolute atomic E-state index is 0.200. The van der Waals surface area contributed by atoms with E-state index in [0.717, 1.165) is 19.3 Å². The molecule has 1 rings (SSSR count). The van der Waals surface area contributed by atoms with Crippen molar-refractivity contribution in [3.8, 4) is 0 Å². The summed E-state index contributed by atoms with van der Waals surface area (Å²) in [7, 11) is 0. The van der Waals surface area contributed by atoms with E-state index in [2.05, 4.69) is 6.92 Å². The molecule has 1 aliphatic heterocycles. The lowest BCUT2D eigenvalue weighted by molar-refractivity contribution is -0.147. The summed E-state index contributed by atoms with van der Waals surface area (Å²) in [5, 5.41) is 0. The standard InChI is InChI=1S/C10H18N2O2/c1-3-8-5-4-7(2)6-12(8)10(14)9(11)13/h7-8H,3-6H2,1-2H3,(H2,11,13)/t7-,8-/m0/s1. The van der Waals surface area contributed by atoms with Gasteiger partial charge in [0.25, 0.3) is 0 Å². The molecule has 0 aromatic heterocycles. The summed E-state index contributed by atoms with van der Waals surface area (Å²) < 4.78 is 0. The zero-order chi connectivity index (χ0) is 10.7. The number of primary amides is 1. The molecule has 2 N–H and O–H groups in total. The van der Waals surface area contributed by atoms with Gasteiger partial charge in [-0.3, -0.25) is 9.59 Å². The maximum Gasteiger partial charge on any atom is 0.311 e. The Kier molecular flexibility index (Phi) is 3.49. The lowest BCUT2D eigenvalue weighted by atomic mass is 9.92. The highest BCUT2D eigenvalue weighted by atomic mass is 16.2. The highest BCUT2D eigenvalue weighted by molar-refractivity contribution is 6.34. The van der Waals surface area contributed by atoms with Crippen molar-refractivity contribution in [2.24, 2.45) is 11.7 Å². The fourth-order valence-corrected chi connectivity index (χ4v) is 2.02. The molecule has 1 saturated heterocycles. The van der Waals surface area contributed by atoms with Gasteiger partial charge >= 0.3 is 11.8 Å². The van der Waals surface area contributed by atoms with Gasteiger partial charge in [-0.2, -0.15) is 0 Å². The molecular formula is C10H18N2O2. The van der Waals surface area contributed by atoms with Crippen molar-refractivity contribution < 1.29 is 9.59 Å². The van der Waals surface area contributed by atoms with Crippen LogP contribution in [0.4, 0.5) is 0 Å². The van der Waals surface area contributed by atoms with Gasteiger partial charge in [-0.25, -0.2) is 0 Å². The van der Waals surface area contributed by atoms with Gasteiger partial charge in [0, 0.05) is 12.6 Å². The number of rotatable bonds is 1. The van der Waals surface area contributed by atoms with Crippen molar-refractivity contribution in [2.75, 3.05) is 6.54 Å². The molecule has 0 spiro atoms. The van der Waals surface area contributed by atoms with Gasteiger partial charge in [0.15, 0.2) is 0 Å². The third-order valence-electron chi connectivity index (χ3n) is 2.88. The van der Waals surface area contributed by atoms with Crippen LogP contribution in [0.1, 0.15) is 33.1 Å². The number of amides is 2. The molecule has 0 aliphatic carbocycles. The number of piperidine rings is 1. The molecule has 1 fully saturated rings. The number of hydrogen-bond donors (Lipinski definition) is 1. The molecule has 4 nitrogen and oxygen atoms in total. The molecule has 2 atom stereocenters. The van der Waals surface area contributed by atoms with Crippen LogP contribution in [0, 0.1) is 5.92 Å². The van der Waals surface area contributed by atoms with Crippen LogP contribution in [0.3, 0.4) is 0 Å². The van der Waals surface area contributed by atoms with Gasteiger partial charge in [0.05, 0.1) is 0 Å². The Bertz CT molecular complexity index is 240. The van der Waals surface area contributed by atoms with Gasteiger partial charge in [0.1, 0.15) is 0 Å². The first-order chi connectivity index (χ1) is 6.56. The van der Waals surface area contributed by atoms with Gasteiger partial charge in [-0.05, 0) is 25.2 Å². The number of carbonyl (C=O) groups excluding carboxylic acids is 2. The predicted octanol–water partition coefficient (Wildman–Crippen LogP) is 0.509. The maximum atomic E-state index is 11.5. The Morgan fingerprint density at radius 3 is 2.57 bits per heavy atom. The Hall–Kier alpha value is -1.06. The van der Waals surface area contributed by atoms with E-state index in [1.807, 2.05) is 6.92 Å². The van der Waals surface area contributed by atoms with E-state index in [9.17, 15) is 9.59 Å². The summed E-state index contributed by atoms with van der Waals surface area (Å²) in [6, 6.07) is 0.200. The highest BCUT2D eigenvalue weighted by Crippen LogP contribution is 2.23. The maximum absolute atomic E-state index is 11.5. The molecule has 0 saturated carbocycles. The van der Waals surface area contributed by atoms with Crippen LogP contribution in [0.2, 0.25) is 0 Å². The van der Waals surface area contributed by atoms with Gasteiger partial charge < -0.3 is 10.6 Å². The topological polar surface area (TPSA) is 63.4 Å². The monoisotopic (exact) mass is 198 g/mol. The average molecular weight is 198 g/mol. The Morgan fingerprint density at radius 2 is 2.07 bits per heavy atom. The summed E-state index contributed by atoms with van der Waals surface area (Å²) in [4.78, 5) is 23.9. The molecule has 0 unspecified atom stereocenters. The van der Waals surface area contributed by atoms with E-state index in [1.165, 1.54) is 0 Å². The second-order valence-electron chi connectivity index (χ2n) is 4.07. The summed E-state index contributed by atoms with van der Waals surface area (Å²) in [5.41, 5.74) is 5.00. The summed E-state index contributed by atoms with van der Waals surface area (Å²) >= 11 is 0. The third-order valence-corrected chi connectivity index (χ3v) is 2.88. The fourth-order valence-electron chi connectivity index (χ4n) is 2.02. The third kappa shape index (κ3) is 2.25. The minimum atomic E-state index is -0.836. The lowest BCUT2D eigenvalue weighted by Crippen LogP contribution is -2.50. The number of nitrogens with zero attached hydrogens (tertiary/aromatic N) is 1. The summed E-state index contributed by atoms with van der Waals surface area (Å²) in [6.07, 6.45) is 3.00. The van der Waals surface area contributed by atoms with Crippen LogP contribution >= 0.6 is 0 Å². The van der Waals surface area contributed by atoms with Gasteiger partial charge in [0.2, 0.25) is 0 Å². The normalized spacial score (nSPS) is 27.4. The molecule has 4 heteroatoms. The van der Waals surface area contributed by atoms with Crippen molar-refractivity contribution in [3.05, 3.63) is 0 Å². The second kappa shape index (κ2) is 4.44. The van der Waals surface area contributed by atoms with Crippen molar-refractivity contribution in [1.82, 2.24) is 4.90 Å². The molecule has 0 aromatic rings. The van der Waals surface area contributed by atoms with Gasteiger partial charge in [-0.15, -0.1) is 0 Å². The zero-order valence-corrected chi connectivity index (χ0v) is 8.82. The van der Waals surface area contributed by atoms with E-state index >= 15 is 0 Å². The lowest BCUT2D eigenvalue weighted by Gasteiger charge is -2.37. The molecule has 0 radical (unpaired) electrons. The zero-order valence-electron chi connectivity index (χ0n) is 8.82.